The summed E-state index contributed by atoms with van der Waals surface area (Å²) in [4.78, 5) is 13.8. The predicted molar refractivity (Wildman–Crippen MR) is 76.8 cm³/mol. The zero-order valence-electron chi connectivity index (χ0n) is 11.6. The van der Waals surface area contributed by atoms with Gasteiger partial charge in [0.2, 0.25) is 0 Å². The van der Waals surface area contributed by atoms with Crippen molar-refractivity contribution in [2.24, 2.45) is 7.05 Å². The number of benzene rings is 1. The average Bonchev–Trinajstić information content (AvgIpc) is 2.90. The Balaban J connectivity index is 1.88. The first-order valence-corrected chi connectivity index (χ1v) is 6.42. The van der Waals surface area contributed by atoms with Gasteiger partial charge in [-0.2, -0.15) is 5.10 Å². The SMILES string of the molecule is Cc1nn(C)cc1C(C)Nc1ccc2oc(=O)[nH]c2c1. The van der Waals surface area contributed by atoms with Crippen LogP contribution < -0.4 is 11.1 Å². The average molecular weight is 272 g/mol. The molecule has 3 aromatic rings. The third-order valence-electron chi connectivity index (χ3n) is 3.32. The second kappa shape index (κ2) is 4.56. The van der Waals surface area contributed by atoms with Crippen molar-refractivity contribution in [3.63, 3.8) is 0 Å². The fraction of sp³-hybridized carbons (Fsp3) is 0.286. The van der Waals surface area contributed by atoms with E-state index in [9.17, 15) is 4.79 Å². The highest BCUT2D eigenvalue weighted by atomic mass is 16.4. The standard InChI is InChI=1S/C14H16N4O2/c1-8(11-7-18(3)17-9(11)2)15-10-4-5-13-12(6-10)16-14(19)20-13/h4-8,15H,1-3H3,(H,16,19). The number of oxazole rings is 1. The number of nitrogens with zero attached hydrogens (tertiary/aromatic N) is 2. The van der Waals surface area contributed by atoms with Crippen LogP contribution in [0.4, 0.5) is 5.69 Å². The Labute approximate surface area is 115 Å². The van der Waals surface area contributed by atoms with Crippen molar-refractivity contribution < 1.29 is 4.42 Å². The summed E-state index contributed by atoms with van der Waals surface area (Å²) >= 11 is 0. The van der Waals surface area contributed by atoms with Crippen LogP contribution in [0, 0.1) is 6.92 Å². The van der Waals surface area contributed by atoms with Crippen molar-refractivity contribution in [1.29, 1.82) is 0 Å². The Morgan fingerprint density at radius 1 is 1.45 bits per heavy atom. The van der Waals surface area contributed by atoms with Crippen LogP contribution in [0.5, 0.6) is 0 Å². The monoisotopic (exact) mass is 272 g/mol. The van der Waals surface area contributed by atoms with Crippen molar-refractivity contribution >= 4 is 16.8 Å². The quantitative estimate of drug-likeness (QED) is 0.767. The van der Waals surface area contributed by atoms with E-state index in [0.29, 0.717) is 11.1 Å². The zero-order chi connectivity index (χ0) is 14.3. The molecule has 3 rings (SSSR count). The Morgan fingerprint density at radius 3 is 2.95 bits per heavy atom. The van der Waals surface area contributed by atoms with Crippen LogP contribution >= 0.6 is 0 Å². The number of nitrogens with one attached hydrogen (secondary N) is 2. The maximum Gasteiger partial charge on any atom is 0.417 e. The van der Waals surface area contributed by atoms with E-state index in [1.807, 2.05) is 32.3 Å². The molecule has 1 atom stereocenters. The molecule has 0 amide bonds. The van der Waals surface area contributed by atoms with E-state index >= 15 is 0 Å². The van der Waals surface area contributed by atoms with E-state index in [0.717, 1.165) is 16.9 Å². The second-order valence-corrected chi connectivity index (χ2v) is 4.94. The normalized spacial score (nSPS) is 12.8. The molecule has 0 spiro atoms. The molecule has 2 N–H and O–H groups in total. The van der Waals surface area contributed by atoms with Gasteiger partial charge in [0.15, 0.2) is 5.58 Å². The van der Waals surface area contributed by atoms with E-state index in [1.54, 1.807) is 10.7 Å². The van der Waals surface area contributed by atoms with Crippen molar-refractivity contribution in [2.75, 3.05) is 5.32 Å². The summed E-state index contributed by atoms with van der Waals surface area (Å²) in [5.74, 6) is -0.437. The van der Waals surface area contributed by atoms with Crippen LogP contribution in [0.2, 0.25) is 0 Å². The fourth-order valence-electron chi connectivity index (χ4n) is 2.41. The molecule has 0 saturated heterocycles. The molecule has 6 nitrogen and oxygen atoms in total. The first-order chi connectivity index (χ1) is 9.52. The molecular weight excluding hydrogens is 256 g/mol. The van der Waals surface area contributed by atoms with Crippen LogP contribution in [-0.4, -0.2) is 14.8 Å². The Bertz CT molecular complexity index is 812. The maximum absolute atomic E-state index is 11.1. The van der Waals surface area contributed by atoms with E-state index in [4.69, 9.17) is 4.42 Å². The van der Waals surface area contributed by atoms with Crippen LogP contribution in [0.15, 0.2) is 33.6 Å². The summed E-state index contributed by atoms with van der Waals surface area (Å²) in [5.41, 5.74) is 4.32. The Morgan fingerprint density at radius 2 is 2.25 bits per heavy atom. The molecule has 0 aliphatic rings. The van der Waals surface area contributed by atoms with Gasteiger partial charge in [0, 0.05) is 24.5 Å². The number of fused-ring (bicyclic) bond motifs is 1. The van der Waals surface area contributed by atoms with Gasteiger partial charge in [0.1, 0.15) is 0 Å². The summed E-state index contributed by atoms with van der Waals surface area (Å²) < 4.78 is 6.79. The summed E-state index contributed by atoms with van der Waals surface area (Å²) in [6.45, 7) is 4.07. The largest absolute Gasteiger partial charge is 0.417 e. The molecule has 104 valence electrons. The minimum Gasteiger partial charge on any atom is -0.408 e. The minimum atomic E-state index is -0.437. The second-order valence-electron chi connectivity index (χ2n) is 4.94. The third-order valence-corrected chi connectivity index (χ3v) is 3.32. The van der Waals surface area contributed by atoms with Gasteiger partial charge in [-0.25, -0.2) is 4.79 Å². The number of H-pyrrole nitrogens is 1. The van der Waals surface area contributed by atoms with Gasteiger partial charge in [-0.1, -0.05) is 0 Å². The number of rotatable bonds is 3. The molecule has 0 bridgehead atoms. The number of aromatic nitrogens is 3. The first kappa shape index (κ1) is 12.5. The number of hydrogen-bond acceptors (Lipinski definition) is 4. The lowest BCUT2D eigenvalue weighted by atomic mass is 10.1. The predicted octanol–water partition coefficient (Wildman–Crippen LogP) is 2.34. The molecule has 2 aromatic heterocycles. The smallest absolute Gasteiger partial charge is 0.408 e. The molecule has 0 saturated carbocycles. The van der Waals surface area contributed by atoms with Gasteiger partial charge >= 0.3 is 5.76 Å². The van der Waals surface area contributed by atoms with Crippen molar-refractivity contribution in [2.45, 2.75) is 19.9 Å². The molecule has 0 radical (unpaired) electrons. The van der Waals surface area contributed by atoms with Crippen molar-refractivity contribution in [1.82, 2.24) is 14.8 Å². The molecule has 20 heavy (non-hydrogen) atoms. The maximum atomic E-state index is 11.1. The van der Waals surface area contributed by atoms with E-state index in [2.05, 4.69) is 22.3 Å². The van der Waals surface area contributed by atoms with Gasteiger partial charge in [0.05, 0.1) is 17.3 Å². The van der Waals surface area contributed by atoms with Gasteiger partial charge in [-0.3, -0.25) is 9.67 Å². The summed E-state index contributed by atoms with van der Waals surface area (Å²) in [5, 5.41) is 7.74. The zero-order valence-corrected chi connectivity index (χ0v) is 11.6. The van der Waals surface area contributed by atoms with E-state index < -0.39 is 5.76 Å². The van der Waals surface area contributed by atoms with E-state index in [-0.39, 0.29) is 6.04 Å². The number of hydrogen-bond donors (Lipinski definition) is 2. The highest BCUT2D eigenvalue weighted by Gasteiger charge is 2.12. The van der Waals surface area contributed by atoms with Gasteiger partial charge in [-0.15, -0.1) is 0 Å². The van der Waals surface area contributed by atoms with Crippen molar-refractivity contribution in [3.8, 4) is 0 Å². The van der Waals surface area contributed by atoms with Gasteiger partial charge < -0.3 is 9.73 Å². The summed E-state index contributed by atoms with van der Waals surface area (Å²) in [7, 11) is 1.91. The summed E-state index contributed by atoms with van der Waals surface area (Å²) in [6.07, 6.45) is 2.01. The number of aryl methyl sites for hydroxylation is 2. The summed E-state index contributed by atoms with van der Waals surface area (Å²) in [6, 6.07) is 5.65. The number of aromatic amines is 1. The van der Waals surface area contributed by atoms with Crippen molar-refractivity contribution in [3.05, 3.63) is 46.2 Å². The Hall–Kier alpha value is -2.50. The van der Waals surface area contributed by atoms with E-state index in [1.165, 1.54) is 0 Å². The molecular formula is C14H16N4O2. The molecule has 1 aromatic carbocycles. The van der Waals surface area contributed by atoms with Crippen LogP contribution in [-0.2, 0) is 7.05 Å². The molecule has 0 fully saturated rings. The molecule has 0 aliphatic carbocycles. The third kappa shape index (κ3) is 2.20. The fourth-order valence-corrected chi connectivity index (χ4v) is 2.41. The highest BCUT2D eigenvalue weighted by molar-refractivity contribution is 5.76. The van der Waals surface area contributed by atoms with Gasteiger partial charge in [-0.05, 0) is 32.0 Å². The lowest BCUT2D eigenvalue weighted by molar-refractivity contribution is 0.555. The lowest BCUT2D eigenvalue weighted by Gasteiger charge is -2.14. The highest BCUT2D eigenvalue weighted by Crippen LogP contribution is 2.23. The lowest BCUT2D eigenvalue weighted by Crippen LogP contribution is -2.07. The Kier molecular flexibility index (Phi) is 2.85. The molecule has 6 heteroatoms. The minimum absolute atomic E-state index is 0.125. The first-order valence-electron chi connectivity index (χ1n) is 6.42. The number of anilines is 1. The molecule has 0 aliphatic heterocycles. The van der Waals surface area contributed by atoms with Crippen LogP contribution in [0.1, 0.15) is 24.2 Å². The van der Waals surface area contributed by atoms with Gasteiger partial charge in [0.25, 0.3) is 0 Å². The topological polar surface area (TPSA) is 75.8 Å². The van der Waals surface area contributed by atoms with Crippen LogP contribution in [0.25, 0.3) is 11.1 Å². The molecule has 1 unspecified atom stereocenters. The molecule has 2 heterocycles. The van der Waals surface area contributed by atoms with Crippen LogP contribution in [0.3, 0.4) is 0 Å².